The Labute approximate surface area is 223 Å². The largest absolute Gasteiger partial charge is 0.478 e. The molecule has 5 atom stereocenters. The van der Waals surface area contributed by atoms with Crippen molar-refractivity contribution in [3.63, 3.8) is 0 Å². The molecule has 1 amide bonds. The number of aliphatic hydroxyl groups is 4. The molecule has 0 aliphatic carbocycles. The van der Waals surface area contributed by atoms with Crippen LogP contribution in [0.2, 0.25) is 0 Å². The van der Waals surface area contributed by atoms with Crippen molar-refractivity contribution in [2.24, 2.45) is 0 Å². The first-order valence-corrected chi connectivity index (χ1v) is 11.8. The Morgan fingerprint density at radius 3 is 2.28 bits per heavy atom. The second-order valence-electron chi connectivity index (χ2n) is 8.96. The number of benzene rings is 1. The molecule has 2 aromatic heterocycles. The van der Waals surface area contributed by atoms with E-state index >= 15 is 0 Å². The van der Waals surface area contributed by atoms with Crippen LogP contribution < -0.4 is 10.9 Å². The van der Waals surface area contributed by atoms with Gasteiger partial charge in [-0.15, -0.1) is 0 Å². The highest BCUT2D eigenvalue weighted by atomic mass is 16.6. The summed E-state index contributed by atoms with van der Waals surface area (Å²) in [5.74, 6) is -1.16. The Kier molecular flexibility index (Phi) is 11.7. The zero-order valence-electron chi connectivity index (χ0n) is 21.9. The summed E-state index contributed by atoms with van der Waals surface area (Å²) in [6.45, 7) is 3.50. The number of carboxylic acids is 1. The smallest absolute Gasteiger partial charge is 0.335 e. The van der Waals surface area contributed by atoms with Crippen LogP contribution in [-0.4, -0.2) is 113 Å². The maximum Gasteiger partial charge on any atom is 0.335 e. The van der Waals surface area contributed by atoms with Crippen molar-refractivity contribution in [3.05, 3.63) is 52.8 Å². The summed E-state index contributed by atoms with van der Waals surface area (Å²) in [5.41, 5.74) is 0.737. The number of ether oxygens (including phenoxy) is 1. The number of hydrogen-bond acceptors (Lipinski definition) is 11. The van der Waals surface area contributed by atoms with Crippen molar-refractivity contribution in [2.45, 2.75) is 44.5 Å². The lowest BCUT2D eigenvalue weighted by Crippen LogP contribution is -2.33. The second-order valence-corrected chi connectivity index (χ2v) is 8.96. The van der Waals surface area contributed by atoms with Crippen molar-refractivity contribution in [1.29, 1.82) is 0 Å². The third-order valence-electron chi connectivity index (χ3n) is 5.24. The summed E-state index contributed by atoms with van der Waals surface area (Å²) in [6, 6.07) is 5.97. The number of anilines is 1. The summed E-state index contributed by atoms with van der Waals surface area (Å²) in [4.78, 5) is 44.8. The van der Waals surface area contributed by atoms with Crippen LogP contribution in [0.25, 0.3) is 11.2 Å². The molecule has 1 aromatic carbocycles. The summed E-state index contributed by atoms with van der Waals surface area (Å²) in [7, 11) is 3.87. The van der Waals surface area contributed by atoms with Gasteiger partial charge in [0.05, 0.1) is 30.9 Å². The van der Waals surface area contributed by atoms with Crippen molar-refractivity contribution >= 4 is 28.7 Å². The molecular formula is C24H34N6O9. The molecule has 4 rings (SSSR count). The molecule has 3 aromatic rings. The van der Waals surface area contributed by atoms with Crippen molar-refractivity contribution < 1.29 is 39.9 Å². The lowest BCUT2D eigenvalue weighted by molar-refractivity contribution is -0.114. The first kappa shape index (κ1) is 31.5. The van der Waals surface area contributed by atoms with Gasteiger partial charge in [-0.2, -0.15) is 0 Å². The molecule has 1 aliphatic heterocycles. The number of fused-ring (bicyclic) bond motifs is 1. The maximum atomic E-state index is 11.5. The number of likely N-dealkylation sites (N-methyl/N-ethyl adjacent to an activating group) is 1. The Hall–Kier alpha value is -3.73. The van der Waals surface area contributed by atoms with E-state index in [2.05, 4.69) is 20.3 Å². The Bertz CT molecular complexity index is 1270. The van der Waals surface area contributed by atoms with Gasteiger partial charge in [-0.05, 0) is 45.3 Å². The van der Waals surface area contributed by atoms with Gasteiger partial charge in [0.2, 0.25) is 5.91 Å². The van der Waals surface area contributed by atoms with Crippen LogP contribution in [0, 0.1) is 0 Å². The first-order chi connectivity index (χ1) is 18.3. The van der Waals surface area contributed by atoms with Crippen LogP contribution in [0.4, 0.5) is 5.69 Å². The van der Waals surface area contributed by atoms with Gasteiger partial charge < -0.3 is 45.5 Å². The van der Waals surface area contributed by atoms with Crippen LogP contribution in [-0.2, 0) is 9.53 Å². The molecule has 7 N–H and O–H groups in total. The van der Waals surface area contributed by atoms with E-state index in [-0.39, 0.29) is 28.7 Å². The van der Waals surface area contributed by atoms with E-state index in [1.165, 1.54) is 36.3 Å². The Balaban J connectivity index is 0.000000232. The summed E-state index contributed by atoms with van der Waals surface area (Å²) in [5, 5.41) is 48.4. The lowest BCUT2D eigenvalue weighted by atomic mass is 10.1. The topological polar surface area (TPSA) is 223 Å². The molecule has 15 nitrogen and oxygen atoms in total. The highest BCUT2D eigenvalue weighted by Gasteiger charge is 2.43. The van der Waals surface area contributed by atoms with E-state index in [1.54, 1.807) is 19.1 Å². The van der Waals surface area contributed by atoms with E-state index in [0.717, 1.165) is 6.54 Å². The zero-order chi connectivity index (χ0) is 29.3. The minimum absolute atomic E-state index is 0.111. The third kappa shape index (κ3) is 8.91. The van der Waals surface area contributed by atoms with E-state index in [0.29, 0.717) is 5.69 Å². The van der Waals surface area contributed by atoms with E-state index in [1.807, 2.05) is 19.0 Å². The molecule has 15 heteroatoms. The third-order valence-corrected chi connectivity index (χ3v) is 5.24. The number of amides is 1. The molecule has 1 saturated heterocycles. The molecular weight excluding hydrogens is 516 g/mol. The number of aromatic carboxylic acids is 1. The van der Waals surface area contributed by atoms with Crippen molar-refractivity contribution in [2.75, 3.05) is 32.6 Å². The number of carbonyl (C=O) groups excluding carboxylic acids is 1. The number of nitrogens with zero attached hydrogens (tertiary/aromatic N) is 4. The molecule has 1 aliphatic rings. The van der Waals surface area contributed by atoms with E-state index < -0.39 is 42.7 Å². The standard InChI is InChI=1S/C10H12N4O5.C9H9NO3.C5H13NO/c15-1-4-6(16)7(17)10(19-4)14-3-13-5-8(14)11-2-12-9(5)18;1-6(11)10-8-4-2-7(3-5-8)9(12)13;1-5(7)4-6(2)3/h2-4,6-7,10,15-17H,1H2,(H,11,12,18);2-5H,1H3,(H,10,11)(H,12,13);5,7H,4H2,1-3H3. The molecule has 1 fully saturated rings. The van der Waals surface area contributed by atoms with Crippen LogP contribution in [0.3, 0.4) is 0 Å². The molecule has 214 valence electrons. The predicted molar refractivity (Wildman–Crippen MR) is 139 cm³/mol. The molecule has 39 heavy (non-hydrogen) atoms. The number of aromatic nitrogens is 4. The SMILES string of the molecule is CC(=O)Nc1ccc(C(=O)O)cc1.CC(O)CN(C)C.O=c1[nH]cnc2c1ncn2C1OC(CO)C(O)C1O. The minimum Gasteiger partial charge on any atom is -0.478 e. The van der Waals surface area contributed by atoms with Crippen molar-refractivity contribution in [1.82, 2.24) is 24.4 Å². The number of aromatic amines is 1. The van der Waals surface area contributed by atoms with Crippen LogP contribution in [0.1, 0.15) is 30.4 Å². The van der Waals surface area contributed by atoms with Crippen LogP contribution in [0.5, 0.6) is 0 Å². The maximum absolute atomic E-state index is 11.5. The van der Waals surface area contributed by atoms with Gasteiger partial charge in [0.1, 0.15) is 18.3 Å². The van der Waals surface area contributed by atoms with Gasteiger partial charge in [-0.1, -0.05) is 0 Å². The summed E-state index contributed by atoms with van der Waals surface area (Å²) >= 11 is 0. The molecule has 0 radical (unpaired) electrons. The molecule has 0 spiro atoms. The van der Waals surface area contributed by atoms with E-state index in [4.69, 9.17) is 20.1 Å². The number of imidazole rings is 1. The van der Waals surface area contributed by atoms with Gasteiger partial charge >= 0.3 is 5.97 Å². The number of nitrogens with one attached hydrogen (secondary N) is 2. The highest BCUT2D eigenvalue weighted by Crippen LogP contribution is 2.30. The molecule has 5 unspecified atom stereocenters. The van der Waals surface area contributed by atoms with Crippen LogP contribution in [0.15, 0.2) is 41.7 Å². The fourth-order valence-corrected chi connectivity index (χ4v) is 3.59. The molecule has 0 saturated carbocycles. The molecule has 3 heterocycles. The average Bonchev–Trinajstić information content (AvgIpc) is 3.40. The van der Waals surface area contributed by atoms with Gasteiger partial charge in [-0.25, -0.2) is 14.8 Å². The number of carbonyl (C=O) groups is 2. The normalized spacial score (nSPS) is 20.9. The highest BCUT2D eigenvalue weighted by molar-refractivity contribution is 5.91. The minimum atomic E-state index is -1.24. The lowest BCUT2D eigenvalue weighted by Gasteiger charge is -2.16. The van der Waals surface area contributed by atoms with Gasteiger partial charge in [0, 0.05) is 19.2 Å². The molecule has 0 bridgehead atoms. The van der Waals surface area contributed by atoms with Gasteiger partial charge in [-0.3, -0.25) is 14.2 Å². The van der Waals surface area contributed by atoms with E-state index in [9.17, 15) is 24.6 Å². The number of aliphatic hydroxyl groups excluding tert-OH is 4. The fraction of sp³-hybridized carbons (Fsp3) is 0.458. The average molecular weight is 551 g/mol. The van der Waals surface area contributed by atoms with Crippen LogP contribution >= 0.6 is 0 Å². The summed E-state index contributed by atoms with van der Waals surface area (Å²) < 4.78 is 6.70. The number of carboxylic acid groups (broad SMARTS) is 1. The first-order valence-electron chi connectivity index (χ1n) is 11.8. The number of H-pyrrole nitrogens is 1. The van der Waals surface area contributed by atoms with Crippen molar-refractivity contribution in [3.8, 4) is 0 Å². The second kappa shape index (κ2) is 14.4. The monoisotopic (exact) mass is 550 g/mol. The van der Waals surface area contributed by atoms with Gasteiger partial charge in [0.25, 0.3) is 5.56 Å². The quantitative estimate of drug-likeness (QED) is 0.196. The fourth-order valence-electron chi connectivity index (χ4n) is 3.59. The number of rotatable bonds is 6. The Morgan fingerprint density at radius 2 is 1.82 bits per heavy atom. The predicted octanol–water partition coefficient (Wildman–Crippen LogP) is -0.997. The van der Waals surface area contributed by atoms with Gasteiger partial charge in [0.15, 0.2) is 17.4 Å². The Morgan fingerprint density at radius 1 is 1.18 bits per heavy atom. The number of hydrogen-bond donors (Lipinski definition) is 7. The summed E-state index contributed by atoms with van der Waals surface area (Å²) in [6.07, 6.45) is -1.98. The zero-order valence-corrected chi connectivity index (χ0v) is 21.9.